The molecular formula is C19H16F2O4S. The van der Waals surface area contributed by atoms with E-state index in [1.165, 1.54) is 30.3 Å². The van der Waals surface area contributed by atoms with Crippen molar-refractivity contribution >= 4 is 27.0 Å². The van der Waals surface area contributed by atoms with Gasteiger partial charge in [0.1, 0.15) is 17.4 Å². The predicted molar refractivity (Wildman–Crippen MR) is 92.9 cm³/mol. The van der Waals surface area contributed by atoms with Crippen LogP contribution in [0.5, 0.6) is 0 Å². The van der Waals surface area contributed by atoms with Gasteiger partial charge in [0, 0.05) is 6.26 Å². The molecule has 0 N–H and O–H groups in total. The number of Topliss-reactive ketones (excluding diaryl/α,β-unsaturated/α-hetero) is 1. The van der Waals surface area contributed by atoms with E-state index in [0.29, 0.717) is 6.42 Å². The second-order valence-electron chi connectivity index (χ2n) is 6.01. The van der Waals surface area contributed by atoms with Crippen LogP contribution in [0.1, 0.15) is 24.5 Å². The van der Waals surface area contributed by atoms with Gasteiger partial charge >= 0.3 is 0 Å². The molecule has 0 amide bonds. The van der Waals surface area contributed by atoms with Crippen molar-refractivity contribution in [3.63, 3.8) is 0 Å². The molecule has 1 heterocycles. The molecule has 136 valence electrons. The smallest absolute Gasteiger partial charge is 0.207 e. The summed E-state index contributed by atoms with van der Waals surface area (Å²) in [6, 6.07) is 8.79. The Morgan fingerprint density at radius 1 is 1.12 bits per heavy atom. The fraction of sp³-hybridized carbons (Fsp3) is 0.211. The van der Waals surface area contributed by atoms with Crippen molar-refractivity contribution in [3.05, 3.63) is 65.2 Å². The lowest BCUT2D eigenvalue weighted by Gasteiger charge is -2.11. The van der Waals surface area contributed by atoms with Gasteiger partial charge < -0.3 is 4.74 Å². The second kappa shape index (κ2) is 6.64. The Balaban J connectivity index is 2.20. The second-order valence-corrected chi connectivity index (χ2v) is 8.02. The highest BCUT2D eigenvalue weighted by Crippen LogP contribution is 2.38. The number of hydrogen-bond acceptors (Lipinski definition) is 4. The number of ether oxygens (including phenoxy) is 1. The zero-order valence-electron chi connectivity index (χ0n) is 14.1. The van der Waals surface area contributed by atoms with Gasteiger partial charge in [0.05, 0.1) is 16.0 Å². The molecule has 3 rings (SSSR count). The SMILES string of the molecule is CCC1OC(c2ccc(S(C)(=O)=O)cc2F)=C(c2cccc(F)c2)C1=O. The summed E-state index contributed by atoms with van der Waals surface area (Å²) < 4.78 is 57.0. The highest BCUT2D eigenvalue weighted by molar-refractivity contribution is 7.90. The van der Waals surface area contributed by atoms with Crippen molar-refractivity contribution in [2.75, 3.05) is 6.26 Å². The van der Waals surface area contributed by atoms with Gasteiger partial charge in [-0.3, -0.25) is 4.79 Å². The van der Waals surface area contributed by atoms with E-state index in [1.807, 2.05) is 0 Å². The first-order chi connectivity index (χ1) is 12.2. The number of carbonyl (C=O) groups is 1. The fourth-order valence-corrected chi connectivity index (χ4v) is 3.46. The van der Waals surface area contributed by atoms with Crippen LogP contribution in [0.3, 0.4) is 0 Å². The third-order valence-electron chi connectivity index (χ3n) is 4.12. The fourth-order valence-electron chi connectivity index (χ4n) is 2.82. The molecule has 26 heavy (non-hydrogen) atoms. The van der Waals surface area contributed by atoms with E-state index >= 15 is 0 Å². The first-order valence-corrected chi connectivity index (χ1v) is 9.82. The van der Waals surface area contributed by atoms with E-state index in [1.54, 1.807) is 13.0 Å². The van der Waals surface area contributed by atoms with Crippen LogP contribution in [0.2, 0.25) is 0 Å². The summed E-state index contributed by atoms with van der Waals surface area (Å²) in [6.07, 6.45) is 0.545. The van der Waals surface area contributed by atoms with Gasteiger partial charge in [0.2, 0.25) is 5.78 Å². The number of sulfone groups is 1. The molecule has 0 radical (unpaired) electrons. The van der Waals surface area contributed by atoms with Crippen molar-refractivity contribution in [1.82, 2.24) is 0 Å². The van der Waals surface area contributed by atoms with Gasteiger partial charge in [-0.25, -0.2) is 17.2 Å². The van der Waals surface area contributed by atoms with Gasteiger partial charge in [0.15, 0.2) is 15.9 Å². The minimum Gasteiger partial charge on any atom is -0.481 e. The molecule has 0 saturated carbocycles. The summed E-state index contributed by atoms with van der Waals surface area (Å²) in [4.78, 5) is 12.5. The third kappa shape index (κ3) is 3.26. The van der Waals surface area contributed by atoms with Crippen LogP contribution < -0.4 is 0 Å². The molecular weight excluding hydrogens is 362 g/mol. The predicted octanol–water partition coefficient (Wildman–Crippen LogP) is 3.61. The van der Waals surface area contributed by atoms with Gasteiger partial charge in [-0.05, 0) is 42.3 Å². The van der Waals surface area contributed by atoms with E-state index in [-0.39, 0.29) is 33.1 Å². The molecule has 0 spiro atoms. The minimum atomic E-state index is -3.58. The summed E-state index contributed by atoms with van der Waals surface area (Å²) in [5, 5.41) is 0. The summed E-state index contributed by atoms with van der Waals surface area (Å²) in [5.41, 5.74) is 0.329. The van der Waals surface area contributed by atoms with Crippen LogP contribution in [0.25, 0.3) is 11.3 Å². The molecule has 0 fully saturated rings. The van der Waals surface area contributed by atoms with Crippen molar-refractivity contribution < 1.29 is 26.7 Å². The lowest BCUT2D eigenvalue weighted by molar-refractivity contribution is -0.119. The zero-order valence-corrected chi connectivity index (χ0v) is 14.9. The largest absolute Gasteiger partial charge is 0.481 e. The molecule has 2 aromatic rings. The van der Waals surface area contributed by atoms with Crippen LogP contribution in [0, 0.1) is 11.6 Å². The van der Waals surface area contributed by atoms with Crippen molar-refractivity contribution in [2.24, 2.45) is 0 Å². The topological polar surface area (TPSA) is 60.4 Å². The summed E-state index contributed by atoms with van der Waals surface area (Å²) in [5.74, 6) is -1.74. The monoisotopic (exact) mass is 378 g/mol. The Labute approximate surface area is 150 Å². The molecule has 7 heteroatoms. The van der Waals surface area contributed by atoms with Crippen LogP contribution in [-0.2, 0) is 19.4 Å². The molecule has 1 unspecified atom stereocenters. The average Bonchev–Trinajstić information content (AvgIpc) is 2.90. The zero-order chi connectivity index (χ0) is 19.1. The molecule has 0 aliphatic carbocycles. The first-order valence-electron chi connectivity index (χ1n) is 7.93. The van der Waals surface area contributed by atoms with E-state index in [0.717, 1.165) is 12.3 Å². The Morgan fingerprint density at radius 2 is 1.85 bits per heavy atom. The molecule has 1 aliphatic rings. The van der Waals surface area contributed by atoms with Crippen LogP contribution in [-0.4, -0.2) is 26.6 Å². The quantitative estimate of drug-likeness (QED) is 0.815. The van der Waals surface area contributed by atoms with Crippen LogP contribution in [0.15, 0.2) is 47.4 Å². The molecule has 4 nitrogen and oxygen atoms in total. The number of rotatable bonds is 4. The Morgan fingerprint density at radius 3 is 2.42 bits per heavy atom. The molecule has 1 atom stereocenters. The minimum absolute atomic E-state index is 0.00926. The standard InChI is InChI=1S/C19H16F2O4S/c1-3-16-18(22)17(11-5-4-6-12(20)9-11)19(25-16)14-8-7-13(10-15(14)21)26(2,23)24/h4-10,16H,3H2,1-2H3. The van der Waals surface area contributed by atoms with E-state index < -0.39 is 27.6 Å². The number of hydrogen-bond donors (Lipinski definition) is 0. The molecule has 0 bridgehead atoms. The summed E-state index contributed by atoms with van der Waals surface area (Å²) >= 11 is 0. The maximum absolute atomic E-state index is 14.6. The third-order valence-corrected chi connectivity index (χ3v) is 5.23. The van der Waals surface area contributed by atoms with Crippen LogP contribution in [0.4, 0.5) is 8.78 Å². The lowest BCUT2D eigenvalue weighted by atomic mass is 9.96. The van der Waals surface area contributed by atoms with Gasteiger partial charge in [-0.1, -0.05) is 19.1 Å². The maximum atomic E-state index is 14.6. The van der Waals surface area contributed by atoms with Gasteiger partial charge in [-0.15, -0.1) is 0 Å². The van der Waals surface area contributed by atoms with Crippen LogP contribution >= 0.6 is 0 Å². The highest BCUT2D eigenvalue weighted by atomic mass is 32.2. The Hall–Kier alpha value is -2.54. The summed E-state index contributed by atoms with van der Waals surface area (Å²) in [7, 11) is -3.58. The average molecular weight is 378 g/mol. The summed E-state index contributed by atoms with van der Waals surface area (Å²) in [6.45, 7) is 1.75. The Bertz CT molecular complexity index is 1030. The molecule has 0 saturated heterocycles. The van der Waals surface area contributed by atoms with Crippen molar-refractivity contribution in [3.8, 4) is 0 Å². The highest BCUT2D eigenvalue weighted by Gasteiger charge is 2.36. The van der Waals surface area contributed by atoms with Crippen molar-refractivity contribution in [2.45, 2.75) is 24.3 Å². The number of ketones is 1. The van der Waals surface area contributed by atoms with E-state index in [2.05, 4.69) is 0 Å². The normalized spacial score (nSPS) is 17.5. The number of benzene rings is 2. The molecule has 1 aliphatic heterocycles. The first kappa shape index (κ1) is 18.3. The van der Waals surface area contributed by atoms with E-state index in [9.17, 15) is 22.0 Å². The van der Waals surface area contributed by atoms with E-state index in [4.69, 9.17) is 4.74 Å². The van der Waals surface area contributed by atoms with Crippen molar-refractivity contribution in [1.29, 1.82) is 0 Å². The number of halogens is 2. The lowest BCUT2D eigenvalue weighted by Crippen LogP contribution is -2.16. The maximum Gasteiger partial charge on any atom is 0.207 e. The van der Waals surface area contributed by atoms with Gasteiger partial charge in [-0.2, -0.15) is 0 Å². The molecule has 2 aromatic carbocycles. The molecule has 0 aromatic heterocycles. The van der Waals surface area contributed by atoms with Gasteiger partial charge in [0.25, 0.3) is 0 Å². The Kier molecular flexibility index (Phi) is 4.66. The number of carbonyl (C=O) groups excluding carboxylic acids is 1.